The van der Waals surface area contributed by atoms with Gasteiger partial charge in [0.1, 0.15) is 12.4 Å². The third-order valence-corrected chi connectivity index (χ3v) is 8.54. The Morgan fingerprint density at radius 2 is 0.842 bits per heavy atom. The number of hydrogen-bond donors (Lipinski definition) is 0. The Balaban J connectivity index is 2.00. The Morgan fingerprint density at radius 3 is 1.21 bits per heavy atom. The highest BCUT2D eigenvalue weighted by Gasteiger charge is 2.20. The highest BCUT2D eigenvalue weighted by Crippen LogP contribution is 2.16. The van der Waals surface area contributed by atoms with E-state index in [9.17, 15) is 0 Å². The molecule has 224 valence electrons. The van der Waals surface area contributed by atoms with Gasteiger partial charge in [-0.15, -0.1) is 0 Å². The second-order valence-corrected chi connectivity index (χ2v) is 12.7. The Bertz CT molecular complexity index is 602. The molecule has 0 aliphatic carbocycles. The predicted octanol–water partition coefficient (Wildman–Crippen LogP) is 12.1. The number of nitrogens with zero attached hydrogens (tertiary/aromatic N) is 2. The molecule has 0 aromatic carbocycles. The van der Waals surface area contributed by atoms with Crippen molar-refractivity contribution in [1.29, 1.82) is 0 Å². The van der Waals surface area contributed by atoms with Crippen LogP contribution in [0.1, 0.15) is 206 Å². The first-order valence-electron chi connectivity index (χ1n) is 17.8. The number of aryl methyl sites for hydroxylation is 2. The van der Waals surface area contributed by atoms with Crippen LogP contribution in [0.2, 0.25) is 0 Å². The first kappa shape index (κ1) is 35.2. The second-order valence-electron chi connectivity index (χ2n) is 12.7. The Labute approximate surface area is 240 Å². The van der Waals surface area contributed by atoms with Crippen molar-refractivity contribution in [2.24, 2.45) is 0 Å². The fourth-order valence-corrected chi connectivity index (χ4v) is 6.12. The molecule has 1 aromatic heterocycles. The van der Waals surface area contributed by atoms with Gasteiger partial charge in [0.05, 0.1) is 19.0 Å². The first-order valence-corrected chi connectivity index (χ1v) is 17.8. The standard InChI is InChI=1S/C36H71N2/c1-5-7-9-11-13-15-16-17-18-19-20-21-22-24-26-28-30-32-38-34-33-37(36(38)35(3)4)31-29-27-25-23-14-12-10-8-6-2/h33-35H,5-32H2,1-4H3/q+1. The number of hydrogen-bond acceptors (Lipinski definition) is 0. The summed E-state index contributed by atoms with van der Waals surface area (Å²) in [6, 6.07) is 0. The quantitative estimate of drug-likeness (QED) is 0.0717. The third-order valence-electron chi connectivity index (χ3n) is 8.54. The lowest BCUT2D eigenvalue weighted by Crippen LogP contribution is -2.38. The molecule has 1 aromatic rings. The van der Waals surface area contributed by atoms with Gasteiger partial charge in [-0.25, -0.2) is 9.13 Å². The van der Waals surface area contributed by atoms with Crippen LogP contribution in [0.3, 0.4) is 0 Å². The van der Waals surface area contributed by atoms with E-state index in [0.29, 0.717) is 5.92 Å². The van der Waals surface area contributed by atoms with Gasteiger partial charge in [0.25, 0.3) is 5.82 Å². The lowest BCUT2D eigenvalue weighted by Gasteiger charge is -2.08. The molecule has 0 spiro atoms. The summed E-state index contributed by atoms with van der Waals surface area (Å²) >= 11 is 0. The van der Waals surface area contributed by atoms with Crippen molar-refractivity contribution in [2.45, 2.75) is 214 Å². The molecule has 0 unspecified atom stereocenters. The average molecular weight is 532 g/mol. The molecule has 1 heterocycles. The van der Waals surface area contributed by atoms with Crippen LogP contribution in [0, 0.1) is 0 Å². The lowest BCUT2D eigenvalue weighted by atomic mass is 10.0. The smallest absolute Gasteiger partial charge is 0.234 e. The highest BCUT2D eigenvalue weighted by molar-refractivity contribution is 4.89. The molecule has 38 heavy (non-hydrogen) atoms. The van der Waals surface area contributed by atoms with Gasteiger partial charge in [-0.05, 0) is 25.7 Å². The van der Waals surface area contributed by atoms with Crippen LogP contribution < -0.4 is 4.57 Å². The van der Waals surface area contributed by atoms with E-state index in [1.54, 1.807) is 5.82 Å². The van der Waals surface area contributed by atoms with E-state index in [1.165, 1.54) is 180 Å². The number of imidazole rings is 1. The molecule has 0 radical (unpaired) electrons. The van der Waals surface area contributed by atoms with Crippen molar-refractivity contribution in [1.82, 2.24) is 4.57 Å². The van der Waals surface area contributed by atoms with Gasteiger partial charge in [-0.3, -0.25) is 0 Å². The summed E-state index contributed by atoms with van der Waals surface area (Å²) in [6.07, 6.45) is 42.0. The van der Waals surface area contributed by atoms with Gasteiger partial charge in [0, 0.05) is 0 Å². The van der Waals surface area contributed by atoms with Crippen LogP contribution in [0.25, 0.3) is 0 Å². The van der Waals surface area contributed by atoms with E-state index in [-0.39, 0.29) is 0 Å². The summed E-state index contributed by atoms with van der Waals surface area (Å²) < 4.78 is 5.11. The van der Waals surface area contributed by atoms with Crippen molar-refractivity contribution in [3.05, 3.63) is 18.2 Å². The van der Waals surface area contributed by atoms with E-state index < -0.39 is 0 Å². The predicted molar refractivity (Wildman–Crippen MR) is 170 cm³/mol. The fraction of sp³-hybridized carbons (Fsp3) is 0.917. The summed E-state index contributed by atoms with van der Waals surface area (Å²) in [5.74, 6) is 2.15. The van der Waals surface area contributed by atoms with E-state index in [0.717, 1.165) is 0 Å². The Kier molecular flexibility index (Phi) is 24.5. The first-order chi connectivity index (χ1) is 18.7. The minimum absolute atomic E-state index is 0.606. The molecular formula is C36H71N2+. The highest BCUT2D eigenvalue weighted by atomic mass is 15.1. The molecule has 0 atom stereocenters. The minimum Gasteiger partial charge on any atom is -0.234 e. The molecule has 0 bridgehead atoms. The van der Waals surface area contributed by atoms with Crippen LogP contribution >= 0.6 is 0 Å². The topological polar surface area (TPSA) is 8.81 Å². The van der Waals surface area contributed by atoms with Gasteiger partial charge in [-0.2, -0.15) is 0 Å². The van der Waals surface area contributed by atoms with Crippen LogP contribution in [0.15, 0.2) is 12.4 Å². The van der Waals surface area contributed by atoms with Gasteiger partial charge < -0.3 is 0 Å². The van der Waals surface area contributed by atoms with Gasteiger partial charge in [0.2, 0.25) is 0 Å². The molecule has 1 rings (SSSR count). The summed E-state index contributed by atoms with van der Waals surface area (Å²) in [6.45, 7) is 11.8. The van der Waals surface area contributed by atoms with E-state index in [4.69, 9.17) is 0 Å². The van der Waals surface area contributed by atoms with Crippen molar-refractivity contribution < 1.29 is 4.57 Å². The molecule has 0 aliphatic heterocycles. The summed E-state index contributed by atoms with van der Waals surface area (Å²) in [4.78, 5) is 0. The SMILES string of the molecule is CCCCCCCCCCCCCCCCCCC[n+]1ccn(CCCCCCCCCCC)c1C(C)C. The van der Waals surface area contributed by atoms with Crippen LogP contribution in [0.4, 0.5) is 0 Å². The minimum atomic E-state index is 0.606. The van der Waals surface area contributed by atoms with Crippen LogP contribution in [0.5, 0.6) is 0 Å². The molecule has 2 heteroatoms. The van der Waals surface area contributed by atoms with Crippen molar-refractivity contribution in [3.8, 4) is 0 Å². The number of rotatable bonds is 29. The number of unbranched alkanes of at least 4 members (excludes halogenated alkanes) is 24. The lowest BCUT2D eigenvalue weighted by molar-refractivity contribution is -0.705. The maximum Gasteiger partial charge on any atom is 0.258 e. The summed E-state index contributed by atoms with van der Waals surface area (Å²) in [5.41, 5.74) is 0. The van der Waals surface area contributed by atoms with E-state index >= 15 is 0 Å². The molecule has 0 fully saturated rings. The zero-order chi connectivity index (χ0) is 27.5. The maximum absolute atomic E-state index is 2.56. The van der Waals surface area contributed by atoms with Gasteiger partial charge >= 0.3 is 0 Å². The number of aromatic nitrogens is 2. The summed E-state index contributed by atoms with van der Waals surface area (Å²) in [7, 11) is 0. The normalized spacial score (nSPS) is 11.7. The molecule has 2 nitrogen and oxygen atoms in total. The van der Waals surface area contributed by atoms with Crippen LogP contribution in [-0.2, 0) is 13.1 Å². The van der Waals surface area contributed by atoms with Crippen molar-refractivity contribution in [2.75, 3.05) is 0 Å². The molecule has 0 amide bonds. The Hall–Kier alpha value is -0.790. The monoisotopic (exact) mass is 532 g/mol. The van der Waals surface area contributed by atoms with Gasteiger partial charge in [-0.1, -0.05) is 169 Å². The van der Waals surface area contributed by atoms with E-state index in [1.807, 2.05) is 0 Å². The third kappa shape index (κ3) is 19.3. The zero-order valence-electron chi connectivity index (χ0n) is 26.9. The molecule has 0 saturated carbocycles. The molecule has 0 aliphatic rings. The van der Waals surface area contributed by atoms with E-state index in [2.05, 4.69) is 49.2 Å². The zero-order valence-corrected chi connectivity index (χ0v) is 26.9. The van der Waals surface area contributed by atoms with Gasteiger partial charge in [0.15, 0.2) is 0 Å². The van der Waals surface area contributed by atoms with Crippen LogP contribution in [-0.4, -0.2) is 4.57 Å². The molecular weight excluding hydrogens is 460 g/mol. The fourth-order valence-electron chi connectivity index (χ4n) is 6.12. The van der Waals surface area contributed by atoms with Crippen molar-refractivity contribution >= 4 is 0 Å². The maximum atomic E-state index is 2.56. The van der Waals surface area contributed by atoms with Crippen molar-refractivity contribution in [3.63, 3.8) is 0 Å². The molecule has 0 N–H and O–H groups in total. The summed E-state index contributed by atoms with van der Waals surface area (Å²) in [5, 5.41) is 0. The Morgan fingerprint density at radius 1 is 0.500 bits per heavy atom. The second kappa shape index (κ2) is 26.4. The largest absolute Gasteiger partial charge is 0.258 e. The average Bonchev–Trinajstić information content (AvgIpc) is 3.32. The molecule has 0 saturated heterocycles.